The van der Waals surface area contributed by atoms with Crippen molar-refractivity contribution >= 4 is 39.8 Å². The van der Waals surface area contributed by atoms with E-state index in [1.165, 1.54) is 11.8 Å². The number of fused-ring (bicyclic) bond motifs is 1. The number of nitrogens with one attached hydrogen (secondary N) is 2. The van der Waals surface area contributed by atoms with Crippen LogP contribution in [0.5, 0.6) is 5.75 Å². The maximum Gasteiger partial charge on any atom is 0.255 e. The molecule has 0 unspecified atom stereocenters. The predicted molar refractivity (Wildman–Crippen MR) is 205 cm³/mol. The molecule has 258 valence electrons. The predicted octanol–water partition coefficient (Wildman–Crippen LogP) is 8.41. The van der Waals surface area contributed by atoms with Crippen molar-refractivity contribution in [2.45, 2.75) is 39.0 Å². The summed E-state index contributed by atoms with van der Waals surface area (Å²) in [6.07, 6.45) is 5.69. The number of unbranched alkanes of at least 4 members (excludes halogenated alkanes) is 1. The first-order valence-corrected chi connectivity index (χ1v) is 17.1. The molecule has 0 bridgehead atoms. The summed E-state index contributed by atoms with van der Waals surface area (Å²) in [6, 6.07) is 35.7. The molecule has 5 N–H and O–H groups in total. The maximum atomic E-state index is 13.3. The van der Waals surface area contributed by atoms with Crippen LogP contribution in [0, 0.1) is 6.92 Å². The van der Waals surface area contributed by atoms with Gasteiger partial charge in [0.15, 0.2) is 0 Å². The zero-order chi connectivity index (χ0) is 35.7. The molecule has 6 aromatic rings. The van der Waals surface area contributed by atoms with Gasteiger partial charge in [-0.15, -0.1) is 0 Å². The van der Waals surface area contributed by atoms with Gasteiger partial charge in [0.05, 0.1) is 23.9 Å². The second kappa shape index (κ2) is 16.1. The number of rotatable bonds is 14. The zero-order valence-electron chi connectivity index (χ0n) is 28.9. The molecule has 0 atom stereocenters. The molecule has 1 heterocycles. The summed E-state index contributed by atoms with van der Waals surface area (Å²) < 4.78 is 5.38. The van der Waals surface area contributed by atoms with Gasteiger partial charge in [-0.3, -0.25) is 14.6 Å². The first-order valence-electron chi connectivity index (χ1n) is 17.1. The Morgan fingerprint density at radius 1 is 0.765 bits per heavy atom. The largest absolute Gasteiger partial charge is 0.497 e. The molecule has 5 aromatic carbocycles. The number of hydrogen-bond acceptors (Lipinski definition) is 6. The fraction of sp³-hybridized carbons (Fsp3) is 0.186. The molecule has 0 radical (unpaired) electrons. The van der Waals surface area contributed by atoms with Gasteiger partial charge in [-0.25, -0.2) is 0 Å². The van der Waals surface area contributed by atoms with Crippen LogP contribution in [0.3, 0.4) is 0 Å². The highest BCUT2D eigenvalue weighted by Crippen LogP contribution is 2.33. The Hall–Kier alpha value is -5.99. The van der Waals surface area contributed by atoms with Crippen LogP contribution >= 0.6 is 0 Å². The number of benzene rings is 5. The second-order valence-corrected chi connectivity index (χ2v) is 12.7. The van der Waals surface area contributed by atoms with E-state index in [2.05, 4.69) is 52.0 Å². The van der Waals surface area contributed by atoms with Crippen LogP contribution in [0.15, 0.2) is 115 Å². The average Bonchev–Trinajstić information content (AvgIpc) is 3.15. The molecule has 0 aliphatic rings. The van der Waals surface area contributed by atoms with Crippen molar-refractivity contribution in [1.82, 2.24) is 4.98 Å². The minimum atomic E-state index is -0.569. The Labute approximate surface area is 298 Å². The Morgan fingerprint density at radius 2 is 1.49 bits per heavy atom. The first kappa shape index (κ1) is 34.9. The third kappa shape index (κ3) is 8.60. The van der Waals surface area contributed by atoms with E-state index in [-0.39, 0.29) is 12.5 Å². The van der Waals surface area contributed by atoms with Crippen molar-refractivity contribution in [2.75, 3.05) is 24.4 Å². The van der Waals surface area contributed by atoms with Crippen molar-refractivity contribution in [1.29, 1.82) is 0 Å². The summed E-state index contributed by atoms with van der Waals surface area (Å²) >= 11 is 0. The van der Waals surface area contributed by atoms with Crippen LogP contribution in [-0.2, 0) is 19.3 Å². The Kier molecular flexibility index (Phi) is 11.0. The maximum absolute atomic E-state index is 13.3. The van der Waals surface area contributed by atoms with E-state index >= 15 is 0 Å². The van der Waals surface area contributed by atoms with Crippen LogP contribution in [0.4, 0.5) is 17.1 Å². The Bertz CT molecular complexity index is 2160. The van der Waals surface area contributed by atoms with Gasteiger partial charge in [0.2, 0.25) is 0 Å². The third-order valence-electron chi connectivity index (χ3n) is 9.02. The third-order valence-corrected chi connectivity index (χ3v) is 9.02. The van der Waals surface area contributed by atoms with E-state index in [4.69, 9.17) is 15.6 Å². The zero-order valence-corrected chi connectivity index (χ0v) is 28.9. The van der Waals surface area contributed by atoms with Gasteiger partial charge >= 0.3 is 0 Å². The van der Waals surface area contributed by atoms with Gasteiger partial charge in [-0.05, 0) is 115 Å². The van der Waals surface area contributed by atoms with Crippen molar-refractivity contribution in [3.05, 3.63) is 149 Å². The lowest BCUT2D eigenvalue weighted by molar-refractivity contribution is 0.0998. The van der Waals surface area contributed by atoms with Crippen LogP contribution in [0.2, 0.25) is 0 Å². The summed E-state index contributed by atoms with van der Waals surface area (Å²) in [5.74, 6) is -0.0504. The molecule has 0 saturated heterocycles. The number of nitrogens with zero attached hydrogens (tertiary/aromatic N) is 1. The van der Waals surface area contributed by atoms with Gasteiger partial charge < -0.3 is 26.2 Å². The smallest absolute Gasteiger partial charge is 0.255 e. The standard InChI is InChI=1S/C43H42N4O4/c1-28-23-31(25-38-40(28)45-27-39(42(44)49)41(38)46-36-10-6-11-37(26-36)51-2)13-12-30-8-5-9-34(24-30)43(50)47-35-20-18-33(19-21-35)32-16-14-29(15-17-32)7-3-4-22-48/h5-6,8-11,14-21,23-27,48H,3-4,7,12-13,22H2,1-2H3,(H2,44,49)(H,45,46)(H,47,50). The number of primary amides is 1. The van der Waals surface area contributed by atoms with Crippen LogP contribution in [0.25, 0.3) is 22.0 Å². The van der Waals surface area contributed by atoms with Gasteiger partial charge in [0, 0.05) is 41.2 Å². The second-order valence-electron chi connectivity index (χ2n) is 12.7. The van der Waals surface area contributed by atoms with E-state index in [0.29, 0.717) is 35.4 Å². The molecular weight excluding hydrogens is 636 g/mol. The number of anilines is 3. The fourth-order valence-electron chi connectivity index (χ4n) is 6.28. The number of aliphatic hydroxyl groups excluding tert-OH is 1. The number of aliphatic hydroxyl groups is 1. The highest BCUT2D eigenvalue weighted by Gasteiger charge is 2.16. The van der Waals surface area contributed by atoms with Gasteiger partial charge in [-0.1, -0.05) is 60.7 Å². The lowest BCUT2D eigenvalue weighted by atomic mass is 9.97. The SMILES string of the molecule is COc1cccc(Nc2c(C(N)=O)cnc3c(C)cc(CCc4cccc(C(=O)Nc5ccc(-c6ccc(CCCCO)cc6)cc5)c4)cc23)c1. The molecule has 0 fully saturated rings. The van der Waals surface area contributed by atoms with Crippen LogP contribution in [-0.4, -0.2) is 35.6 Å². The molecule has 51 heavy (non-hydrogen) atoms. The van der Waals surface area contributed by atoms with E-state index in [9.17, 15) is 9.59 Å². The molecule has 0 aliphatic heterocycles. The number of carbonyl (C=O) groups excluding carboxylic acids is 2. The number of ether oxygens (including phenoxy) is 1. The van der Waals surface area contributed by atoms with Crippen molar-refractivity contribution < 1.29 is 19.4 Å². The lowest BCUT2D eigenvalue weighted by Crippen LogP contribution is -2.14. The number of aromatic nitrogens is 1. The van der Waals surface area contributed by atoms with E-state index in [1.807, 2.05) is 79.7 Å². The summed E-state index contributed by atoms with van der Waals surface area (Å²) in [5.41, 5.74) is 16.1. The number of pyridine rings is 1. The molecule has 0 saturated carbocycles. The number of nitrogens with two attached hydrogens (primary N) is 1. The quantitative estimate of drug-likeness (QED) is 0.0857. The molecule has 8 nitrogen and oxygen atoms in total. The summed E-state index contributed by atoms with van der Waals surface area (Å²) in [7, 11) is 1.61. The monoisotopic (exact) mass is 678 g/mol. The Morgan fingerprint density at radius 3 is 2.22 bits per heavy atom. The molecule has 0 aliphatic carbocycles. The number of amides is 2. The minimum Gasteiger partial charge on any atom is -0.497 e. The van der Waals surface area contributed by atoms with Crippen LogP contribution in [0.1, 0.15) is 55.8 Å². The molecule has 8 heteroatoms. The first-order chi connectivity index (χ1) is 24.8. The molecule has 2 amide bonds. The van der Waals surface area contributed by atoms with Gasteiger partial charge in [0.1, 0.15) is 5.75 Å². The number of aryl methyl sites for hydroxylation is 4. The molecular formula is C43H42N4O4. The van der Waals surface area contributed by atoms with Gasteiger partial charge in [-0.2, -0.15) is 0 Å². The minimum absolute atomic E-state index is 0.170. The molecule has 0 spiro atoms. The van der Waals surface area contributed by atoms with E-state index in [0.717, 1.165) is 69.4 Å². The van der Waals surface area contributed by atoms with Crippen molar-refractivity contribution in [3.63, 3.8) is 0 Å². The van der Waals surface area contributed by atoms with Crippen LogP contribution < -0.4 is 21.1 Å². The molecule has 6 rings (SSSR count). The highest BCUT2D eigenvalue weighted by molar-refractivity contribution is 6.08. The highest BCUT2D eigenvalue weighted by atomic mass is 16.5. The average molecular weight is 679 g/mol. The number of hydrogen-bond donors (Lipinski definition) is 4. The fourth-order valence-corrected chi connectivity index (χ4v) is 6.28. The Balaban J connectivity index is 1.14. The van der Waals surface area contributed by atoms with E-state index < -0.39 is 5.91 Å². The summed E-state index contributed by atoms with van der Waals surface area (Å²) in [4.78, 5) is 30.3. The van der Waals surface area contributed by atoms with Crippen molar-refractivity contribution in [2.24, 2.45) is 5.73 Å². The summed E-state index contributed by atoms with van der Waals surface area (Å²) in [6.45, 7) is 2.24. The van der Waals surface area contributed by atoms with E-state index in [1.54, 1.807) is 7.11 Å². The topological polar surface area (TPSA) is 127 Å². The lowest BCUT2D eigenvalue weighted by Gasteiger charge is -2.16. The normalized spacial score (nSPS) is 11.0. The van der Waals surface area contributed by atoms with Gasteiger partial charge in [0.25, 0.3) is 11.8 Å². The molecule has 1 aromatic heterocycles. The summed E-state index contributed by atoms with van der Waals surface area (Å²) in [5, 5.41) is 16.2. The van der Waals surface area contributed by atoms with Crippen molar-refractivity contribution in [3.8, 4) is 16.9 Å². The number of carbonyl (C=O) groups is 2. The number of methoxy groups -OCH3 is 1.